The number of unbranched alkanes of at least 4 members (excludes halogenated alkanes) is 1. The quantitative estimate of drug-likeness (QED) is 0.730. The molecule has 1 rings (SSSR count). The molecule has 1 aromatic rings. The third kappa shape index (κ3) is 4.58. The Balaban J connectivity index is 2.62. The summed E-state index contributed by atoms with van der Waals surface area (Å²) in [6.45, 7) is 4.31. The summed E-state index contributed by atoms with van der Waals surface area (Å²) in [6.07, 6.45) is 4.73. The average Bonchev–Trinajstić information content (AvgIpc) is 2.37. The second kappa shape index (κ2) is 7.75. The molecule has 0 amide bonds. The number of aliphatic hydroxyl groups excluding tert-OH is 1. The summed E-state index contributed by atoms with van der Waals surface area (Å²) < 4.78 is 13.0. The number of aliphatic hydroxyl groups is 1. The van der Waals surface area contributed by atoms with E-state index in [4.69, 9.17) is 11.6 Å². The number of benzene rings is 1. The molecule has 18 heavy (non-hydrogen) atoms. The van der Waals surface area contributed by atoms with Gasteiger partial charge in [-0.3, -0.25) is 0 Å². The first-order chi connectivity index (χ1) is 8.58. The predicted octanol–water partition coefficient (Wildman–Crippen LogP) is 5.12. The molecule has 2 atom stereocenters. The highest BCUT2D eigenvalue weighted by molar-refractivity contribution is 6.30. The first-order valence-corrected chi connectivity index (χ1v) is 7.09. The van der Waals surface area contributed by atoms with Crippen LogP contribution in [-0.2, 0) is 0 Å². The highest BCUT2D eigenvalue weighted by Crippen LogP contribution is 2.28. The Bertz CT molecular complexity index is 368. The van der Waals surface area contributed by atoms with Crippen LogP contribution >= 0.6 is 11.6 Å². The van der Waals surface area contributed by atoms with Gasteiger partial charge in [0, 0.05) is 0 Å². The minimum atomic E-state index is -0.551. The fraction of sp³-hybridized carbons (Fsp3) is 0.600. The van der Waals surface area contributed by atoms with Crippen molar-refractivity contribution in [3.63, 3.8) is 0 Å². The van der Waals surface area contributed by atoms with Crippen molar-refractivity contribution in [3.8, 4) is 0 Å². The smallest absolute Gasteiger partial charge is 0.141 e. The first-order valence-electron chi connectivity index (χ1n) is 6.71. The van der Waals surface area contributed by atoms with Gasteiger partial charge in [-0.05, 0) is 30.0 Å². The SMILES string of the molecule is CCCCC(CC)CC(O)c1ccc(F)c(Cl)c1. The van der Waals surface area contributed by atoms with Gasteiger partial charge in [-0.15, -0.1) is 0 Å². The molecule has 0 bridgehead atoms. The Kier molecular flexibility index (Phi) is 6.66. The molecule has 0 fully saturated rings. The molecule has 0 aliphatic carbocycles. The Morgan fingerprint density at radius 3 is 2.61 bits per heavy atom. The lowest BCUT2D eigenvalue weighted by Crippen LogP contribution is -2.07. The summed E-state index contributed by atoms with van der Waals surface area (Å²) >= 11 is 5.73. The van der Waals surface area contributed by atoms with Gasteiger partial charge < -0.3 is 5.11 Å². The van der Waals surface area contributed by atoms with Crippen LogP contribution in [0.5, 0.6) is 0 Å². The topological polar surface area (TPSA) is 20.2 Å². The summed E-state index contributed by atoms with van der Waals surface area (Å²) in [6, 6.07) is 4.44. The third-order valence-corrected chi connectivity index (χ3v) is 3.72. The lowest BCUT2D eigenvalue weighted by Gasteiger charge is -2.19. The summed E-state index contributed by atoms with van der Waals surface area (Å²) in [5.41, 5.74) is 0.705. The normalized spacial score (nSPS) is 14.5. The minimum Gasteiger partial charge on any atom is -0.388 e. The van der Waals surface area contributed by atoms with Crippen molar-refractivity contribution in [1.82, 2.24) is 0 Å². The molecule has 3 heteroatoms. The van der Waals surface area contributed by atoms with E-state index in [0.717, 1.165) is 19.3 Å². The summed E-state index contributed by atoms with van der Waals surface area (Å²) in [5, 5.41) is 10.2. The molecule has 0 spiro atoms. The summed E-state index contributed by atoms with van der Waals surface area (Å²) in [7, 11) is 0. The molecule has 102 valence electrons. The van der Waals surface area contributed by atoms with E-state index in [1.807, 2.05) is 0 Å². The maximum absolute atomic E-state index is 13.0. The van der Waals surface area contributed by atoms with Crippen molar-refractivity contribution in [1.29, 1.82) is 0 Å². The molecule has 0 saturated heterocycles. The van der Waals surface area contributed by atoms with Crippen LogP contribution in [0.1, 0.15) is 57.6 Å². The van der Waals surface area contributed by atoms with E-state index in [2.05, 4.69) is 13.8 Å². The van der Waals surface area contributed by atoms with Gasteiger partial charge in [0.25, 0.3) is 0 Å². The zero-order valence-corrected chi connectivity index (χ0v) is 11.9. The minimum absolute atomic E-state index is 0.0770. The van der Waals surface area contributed by atoms with Crippen LogP contribution in [0.4, 0.5) is 4.39 Å². The highest BCUT2D eigenvalue weighted by Gasteiger charge is 2.15. The molecular weight excluding hydrogens is 251 g/mol. The lowest BCUT2D eigenvalue weighted by atomic mass is 9.91. The van der Waals surface area contributed by atoms with Crippen molar-refractivity contribution >= 4 is 11.6 Å². The third-order valence-electron chi connectivity index (χ3n) is 3.43. The second-order valence-corrected chi connectivity index (χ2v) is 5.25. The predicted molar refractivity (Wildman–Crippen MR) is 74.3 cm³/mol. The second-order valence-electron chi connectivity index (χ2n) is 4.84. The van der Waals surface area contributed by atoms with E-state index in [1.165, 1.54) is 25.0 Å². The van der Waals surface area contributed by atoms with E-state index in [-0.39, 0.29) is 5.02 Å². The first kappa shape index (κ1) is 15.5. The van der Waals surface area contributed by atoms with Crippen molar-refractivity contribution in [3.05, 3.63) is 34.6 Å². The Morgan fingerprint density at radius 2 is 2.06 bits per heavy atom. The molecule has 1 aromatic carbocycles. The molecule has 0 heterocycles. The zero-order valence-electron chi connectivity index (χ0n) is 11.1. The van der Waals surface area contributed by atoms with Crippen LogP contribution in [0.25, 0.3) is 0 Å². The Hall–Kier alpha value is -0.600. The van der Waals surface area contributed by atoms with Gasteiger partial charge >= 0.3 is 0 Å². The van der Waals surface area contributed by atoms with Gasteiger partial charge in [-0.25, -0.2) is 4.39 Å². The van der Waals surface area contributed by atoms with Gasteiger partial charge in [0.05, 0.1) is 11.1 Å². The van der Waals surface area contributed by atoms with Gasteiger partial charge in [-0.1, -0.05) is 57.2 Å². The molecule has 0 saturated carbocycles. The largest absolute Gasteiger partial charge is 0.388 e. The van der Waals surface area contributed by atoms with E-state index in [1.54, 1.807) is 6.07 Å². The van der Waals surface area contributed by atoms with Gasteiger partial charge in [0.2, 0.25) is 0 Å². The van der Waals surface area contributed by atoms with E-state index in [0.29, 0.717) is 11.5 Å². The van der Waals surface area contributed by atoms with Crippen molar-refractivity contribution in [2.24, 2.45) is 5.92 Å². The highest BCUT2D eigenvalue weighted by atomic mass is 35.5. The van der Waals surface area contributed by atoms with E-state index in [9.17, 15) is 9.50 Å². The molecular formula is C15H22ClFO. The van der Waals surface area contributed by atoms with Gasteiger partial charge in [0.15, 0.2) is 0 Å². The maximum Gasteiger partial charge on any atom is 0.141 e. The van der Waals surface area contributed by atoms with Crippen molar-refractivity contribution < 1.29 is 9.50 Å². The average molecular weight is 273 g/mol. The molecule has 1 nitrogen and oxygen atoms in total. The van der Waals surface area contributed by atoms with Crippen molar-refractivity contribution in [2.75, 3.05) is 0 Å². The van der Waals surface area contributed by atoms with Crippen molar-refractivity contribution in [2.45, 2.75) is 52.1 Å². The molecule has 1 N–H and O–H groups in total. The number of rotatable bonds is 7. The maximum atomic E-state index is 13.0. The van der Waals surface area contributed by atoms with Crippen LogP contribution in [-0.4, -0.2) is 5.11 Å². The van der Waals surface area contributed by atoms with Crippen LogP contribution in [0.3, 0.4) is 0 Å². The molecule has 0 aliphatic heterocycles. The summed E-state index contributed by atoms with van der Waals surface area (Å²) in [5.74, 6) is 0.0782. The molecule has 0 aliphatic rings. The fourth-order valence-electron chi connectivity index (χ4n) is 2.15. The molecule has 0 aromatic heterocycles. The standard InChI is InChI=1S/C15H22ClFO/c1-3-5-6-11(4-2)9-15(18)12-7-8-14(17)13(16)10-12/h7-8,10-11,15,18H,3-6,9H2,1-2H3. The monoisotopic (exact) mass is 272 g/mol. The molecule has 0 radical (unpaired) electrons. The van der Waals surface area contributed by atoms with Gasteiger partial charge in [0.1, 0.15) is 5.82 Å². The van der Waals surface area contributed by atoms with Crippen LogP contribution in [0.2, 0.25) is 5.02 Å². The number of hydrogen-bond acceptors (Lipinski definition) is 1. The van der Waals surface area contributed by atoms with Crippen LogP contribution < -0.4 is 0 Å². The summed E-state index contributed by atoms with van der Waals surface area (Å²) in [4.78, 5) is 0. The van der Waals surface area contributed by atoms with E-state index >= 15 is 0 Å². The number of halogens is 2. The van der Waals surface area contributed by atoms with E-state index < -0.39 is 11.9 Å². The Morgan fingerprint density at radius 1 is 1.33 bits per heavy atom. The van der Waals surface area contributed by atoms with Gasteiger partial charge in [-0.2, -0.15) is 0 Å². The zero-order chi connectivity index (χ0) is 13.5. The Labute approximate surface area is 114 Å². The van der Waals surface area contributed by atoms with Crippen LogP contribution in [0.15, 0.2) is 18.2 Å². The number of hydrogen-bond donors (Lipinski definition) is 1. The fourth-order valence-corrected chi connectivity index (χ4v) is 2.34. The van der Waals surface area contributed by atoms with Crippen LogP contribution in [0, 0.1) is 11.7 Å². The lowest BCUT2D eigenvalue weighted by molar-refractivity contribution is 0.139. The molecule has 2 unspecified atom stereocenters.